The highest BCUT2D eigenvalue weighted by Gasteiger charge is 2.45. The van der Waals surface area contributed by atoms with Gasteiger partial charge in [0.1, 0.15) is 0 Å². The first-order valence-corrected chi connectivity index (χ1v) is 7.31. The SMILES string of the molecule is Cc1ccccc1C1(CNC(=O)c2cccc(N)c2)CC1.Cl. The molecule has 0 unspecified atom stereocenters. The third kappa shape index (κ3) is 3.25. The van der Waals surface area contributed by atoms with Crippen molar-refractivity contribution in [2.24, 2.45) is 0 Å². The zero-order valence-electron chi connectivity index (χ0n) is 12.6. The van der Waals surface area contributed by atoms with Crippen LogP contribution in [0.3, 0.4) is 0 Å². The lowest BCUT2D eigenvalue weighted by molar-refractivity contribution is 0.0949. The zero-order chi connectivity index (χ0) is 14.9. The maximum absolute atomic E-state index is 12.2. The number of hydrogen-bond donors (Lipinski definition) is 2. The van der Waals surface area contributed by atoms with Crippen molar-refractivity contribution in [1.82, 2.24) is 5.32 Å². The van der Waals surface area contributed by atoms with Gasteiger partial charge in [0.05, 0.1) is 0 Å². The summed E-state index contributed by atoms with van der Waals surface area (Å²) in [6, 6.07) is 15.5. The summed E-state index contributed by atoms with van der Waals surface area (Å²) in [6.07, 6.45) is 2.27. The Morgan fingerprint density at radius 1 is 1.18 bits per heavy atom. The summed E-state index contributed by atoms with van der Waals surface area (Å²) in [5, 5.41) is 3.06. The molecule has 22 heavy (non-hydrogen) atoms. The summed E-state index contributed by atoms with van der Waals surface area (Å²) in [5.41, 5.74) is 9.74. The van der Waals surface area contributed by atoms with Crippen molar-refractivity contribution in [2.75, 3.05) is 12.3 Å². The molecule has 3 rings (SSSR count). The molecule has 1 amide bonds. The van der Waals surface area contributed by atoms with Gasteiger partial charge in [0, 0.05) is 23.2 Å². The van der Waals surface area contributed by atoms with Gasteiger partial charge in [-0.15, -0.1) is 12.4 Å². The van der Waals surface area contributed by atoms with Crippen LogP contribution in [-0.2, 0) is 5.41 Å². The Kier molecular flexibility index (Phi) is 4.77. The minimum Gasteiger partial charge on any atom is -0.399 e. The highest BCUT2D eigenvalue weighted by atomic mass is 35.5. The van der Waals surface area contributed by atoms with Crippen LogP contribution in [0.5, 0.6) is 0 Å². The summed E-state index contributed by atoms with van der Waals surface area (Å²) in [6.45, 7) is 2.82. The molecule has 0 radical (unpaired) electrons. The largest absolute Gasteiger partial charge is 0.399 e. The van der Waals surface area contributed by atoms with Gasteiger partial charge in [0.15, 0.2) is 0 Å². The van der Waals surface area contributed by atoms with Crippen LogP contribution in [0, 0.1) is 6.92 Å². The molecule has 116 valence electrons. The van der Waals surface area contributed by atoms with Gasteiger partial charge in [-0.2, -0.15) is 0 Å². The molecule has 0 bridgehead atoms. The predicted molar refractivity (Wildman–Crippen MR) is 92.5 cm³/mol. The Labute approximate surface area is 137 Å². The van der Waals surface area contributed by atoms with Gasteiger partial charge in [-0.3, -0.25) is 4.79 Å². The second-order valence-corrected chi connectivity index (χ2v) is 5.90. The molecular formula is C18H21ClN2O. The van der Waals surface area contributed by atoms with E-state index in [0.717, 1.165) is 12.8 Å². The molecule has 2 aromatic rings. The maximum atomic E-state index is 12.2. The molecule has 1 saturated carbocycles. The van der Waals surface area contributed by atoms with E-state index in [1.165, 1.54) is 11.1 Å². The predicted octanol–water partition coefficient (Wildman–Crippen LogP) is 3.46. The van der Waals surface area contributed by atoms with Gasteiger partial charge in [0.25, 0.3) is 5.91 Å². The molecule has 0 spiro atoms. The van der Waals surface area contributed by atoms with Crippen molar-refractivity contribution < 1.29 is 4.79 Å². The smallest absolute Gasteiger partial charge is 0.251 e. The van der Waals surface area contributed by atoms with Gasteiger partial charge in [-0.25, -0.2) is 0 Å². The average molecular weight is 317 g/mol. The Hall–Kier alpha value is -2.00. The lowest BCUT2D eigenvalue weighted by Crippen LogP contribution is -2.32. The van der Waals surface area contributed by atoms with E-state index in [2.05, 4.69) is 36.5 Å². The standard InChI is InChI=1S/C18H20N2O.ClH/c1-13-5-2-3-8-16(13)18(9-10-18)12-20-17(21)14-6-4-7-15(19)11-14;/h2-8,11H,9-10,12,19H2,1H3,(H,20,21);1H. The fourth-order valence-corrected chi connectivity index (χ4v) is 2.89. The normalized spacial score (nSPS) is 14.8. The van der Waals surface area contributed by atoms with Crippen molar-refractivity contribution in [3.8, 4) is 0 Å². The van der Waals surface area contributed by atoms with Crippen LogP contribution >= 0.6 is 12.4 Å². The minimum absolute atomic E-state index is 0. The molecule has 0 heterocycles. The molecule has 0 atom stereocenters. The summed E-state index contributed by atoms with van der Waals surface area (Å²) in [5.74, 6) is -0.0536. The van der Waals surface area contributed by atoms with Gasteiger partial charge in [0.2, 0.25) is 0 Å². The maximum Gasteiger partial charge on any atom is 0.251 e. The van der Waals surface area contributed by atoms with E-state index in [4.69, 9.17) is 5.73 Å². The second-order valence-electron chi connectivity index (χ2n) is 5.90. The van der Waals surface area contributed by atoms with Gasteiger partial charge in [-0.1, -0.05) is 30.3 Å². The third-order valence-corrected chi connectivity index (χ3v) is 4.31. The van der Waals surface area contributed by atoms with Crippen molar-refractivity contribution in [2.45, 2.75) is 25.2 Å². The highest BCUT2D eigenvalue weighted by molar-refractivity contribution is 5.95. The van der Waals surface area contributed by atoms with Crippen LogP contribution < -0.4 is 11.1 Å². The summed E-state index contributed by atoms with van der Waals surface area (Å²) in [7, 11) is 0. The lowest BCUT2D eigenvalue weighted by Gasteiger charge is -2.19. The molecule has 0 aliphatic heterocycles. The number of benzene rings is 2. The number of nitrogens with two attached hydrogens (primary N) is 1. The molecule has 3 nitrogen and oxygen atoms in total. The van der Waals surface area contributed by atoms with E-state index >= 15 is 0 Å². The number of carbonyl (C=O) groups excluding carboxylic acids is 1. The van der Waals surface area contributed by atoms with Gasteiger partial charge in [-0.05, 0) is 49.1 Å². The first-order chi connectivity index (χ1) is 10.1. The first kappa shape index (κ1) is 16.4. The topological polar surface area (TPSA) is 55.1 Å². The number of carbonyl (C=O) groups is 1. The van der Waals surface area contributed by atoms with Crippen molar-refractivity contribution in [3.63, 3.8) is 0 Å². The number of rotatable bonds is 4. The molecule has 1 aliphatic rings. The fraction of sp³-hybridized carbons (Fsp3) is 0.278. The Morgan fingerprint density at radius 3 is 2.55 bits per heavy atom. The van der Waals surface area contributed by atoms with Crippen molar-refractivity contribution >= 4 is 24.0 Å². The van der Waals surface area contributed by atoms with Crippen molar-refractivity contribution in [3.05, 3.63) is 65.2 Å². The van der Waals surface area contributed by atoms with E-state index < -0.39 is 0 Å². The van der Waals surface area contributed by atoms with Gasteiger partial charge >= 0.3 is 0 Å². The van der Waals surface area contributed by atoms with Gasteiger partial charge < -0.3 is 11.1 Å². The molecule has 3 N–H and O–H groups in total. The number of nitrogens with one attached hydrogen (secondary N) is 1. The van der Waals surface area contributed by atoms with Crippen LogP contribution in [-0.4, -0.2) is 12.5 Å². The molecule has 1 aliphatic carbocycles. The van der Waals surface area contributed by atoms with E-state index in [1.807, 2.05) is 0 Å². The number of amides is 1. The zero-order valence-corrected chi connectivity index (χ0v) is 13.5. The highest BCUT2D eigenvalue weighted by Crippen LogP contribution is 2.48. The first-order valence-electron chi connectivity index (χ1n) is 7.31. The third-order valence-electron chi connectivity index (χ3n) is 4.31. The van der Waals surface area contributed by atoms with Crippen LogP contribution in [0.1, 0.15) is 34.3 Å². The monoisotopic (exact) mass is 316 g/mol. The van der Waals surface area contributed by atoms with Crippen LogP contribution in [0.2, 0.25) is 0 Å². The fourth-order valence-electron chi connectivity index (χ4n) is 2.89. The number of nitrogen functional groups attached to an aromatic ring is 1. The Balaban J connectivity index is 0.00000176. The molecule has 1 fully saturated rings. The number of anilines is 1. The van der Waals surface area contributed by atoms with Crippen LogP contribution in [0.25, 0.3) is 0 Å². The Bertz CT molecular complexity index is 680. The summed E-state index contributed by atoms with van der Waals surface area (Å²) in [4.78, 5) is 12.2. The van der Waals surface area contributed by atoms with E-state index in [9.17, 15) is 4.79 Å². The van der Waals surface area contributed by atoms with Crippen LogP contribution in [0.4, 0.5) is 5.69 Å². The van der Waals surface area contributed by atoms with E-state index in [-0.39, 0.29) is 23.7 Å². The summed E-state index contributed by atoms with van der Waals surface area (Å²) >= 11 is 0. The van der Waals surface area contributed by atoms with E-state index in [1.54, 1.807) is 24.3 Å². The van der Waals surface area contributed by atoms with Crippen LogP contribution in [0.15, 0.2) is 48.5 Å². The second kappa shape index (κ2) is 6.41. The molecule has 4 heteroatoms. The molecular weight excluding hydrogens is 296 g/mol. The number of hydrogen-bond acceptors (Lipinski definition) is 2. The molecule has 0 aromatic heterocycles. The van der Waals surface area contributed by atoms with E-state index in [0.29, 0.717) is 17.8 Å². The quantitative estimate of drug-likeness (QED) is 0.849. The lowest BCUT2D eigenvalue weighted by atomic mass is 9.92. The average Bonchev–Trinajstić information content (AvgIpc) is 3.26. The number of aryl methyl sites for hydroxylation is 1. The molecule has 0 saturated heterocycles. The minimum atomic E-state index is -0.0536. The Morgan fingerprint density at radius 2 is 1.91 bits per heavy atom. The van der Waals surface area contributed by atoms with Crippen molar-refractivity contribution in [1.29, 1.82) is 0 Å². The summed E-state index contributed by atoms with van der Waals surface area (Å²) < 4.78 is 0. The number of halogens is 1. The molecule has 2 aromatic carbocycles.